The van der Waals surface area contributed by atoms with E-state index in [-0.39, 0.29) is 5.69 Å². The average molecular weight is 239 g/mol. The van der Waals surface area contributed by atoms with Gasteiger partial charge in [0, 0.05) is 19.2 Å². The van der Waals surface area contributed by atoms with Gasteiger partial charge in [0.2, 0.25) is 0 Å². The van der Waals surface area contributed by atoms with Gasteiger partial charge in [-0.3, -0.25) is 10.1 Å². The number of benzene rings is 1. The molecular formula is C11H14FN3O2. The number of hydrogen-bond donors (Lipinski definition) is 1. The van der Waals surface area contributed by atoms with Crippen LogP contribution in [0.3, 0.4) is 0 Å². The van der Waals surface area contributed by atoms with E-state index in [2.05, 4.69) is 0 Å². The van der Waals surface area contributed by atoms with Crippen molar-refractivity contribution in [1.82, 2.24) is 0 Å². The lowest BCUT2D eigenvalue weighted by molar-refractivity contribution is -0.385. The molecule has 1 aliphatic heterocycles. The summed E-state index contributed by atoms with van der Waals surface area (Å²) >= 11 is 0. The number of nitrogens with zero attached hydrogens (tertiary/aromatic N) is 2. The first-order chi connectivity index (χ1) is 8.11. The molecule has 0 aromatic heterocycles. The van der Waals surface area contributed by atoms with Gasteiger partial charge in [-0.1, -0.05) is 0 Å². The molecule has 2 rings (SSSR count). The lowest BCUT2D eigenvalue weighted by Crippen LogP contribution is -2.23. The Labute approximate surface area is 98.2 Å². The van der Waals surface area contributed by atoms with Crippen molar-refractivity contribution in [2.24, 2.45) is 11.7 Å². The molecule has 1 unspecified atom stereocenters. The van der Waals surface area contributed by atoms with Crippen LogP contribution in [0.5, 0.6) is 0 Å². The summed E-state index contributed by atoms with van der Waals surface area (Å²) in [5.74, 6) is -0.165. The van der Waals surface area contributed by atoms with E-state index in [9.17, 15) is 14.5 Å². The molecule has 1 aromatic carbocycles. The Bertz CT molecular complexity index is 439. The molecule has 0 amide bonds. The van der Waals surface area contributed by atoms with Crippen LogP contribution in [0.4, 0.5) is 15.8 Å². The quantitative estimate of drug-likeness (QED) is 0.641. The van der Waals surface area contributed by atoms with Gasteiger partial charge in [-0.15, -0.1) is 0 Å². The number of hydrogen-bond acceptors (Lipinski definition) is 4. The molecular weight excluding hydrogens is 225 g/mol. The lowest BCUT2D eigenvalue weighted by Gasteiger charge is -2.18. The monoisotopic (exact) mass is 239 g/mol. The van der Waals surface area contributed by atoms with E-state index in [1.807, 2.05) is 4.90 Å². The van der Waals surface area contributed by atoms with Crippen molar-refractivity contribution < 1.29 is 9.31 Å². The van der Waals surface area contributed by atoms with Crippen LogP contribution in [0, 0.1) is 21.8 Å². The van der Waals surface area contributed by atoms with E-state index in [1.54, 1.807) is 0 Å². The molecule has 0 bridgehead atoms. The number of rotatable bonds is 3. The fourth-order valence-electron chi connectivity index (χ4n) is 2.11. The standard InChI is InChI=1S/C11H14FN3O2/c12-10-5-9(15(16)17)1-2-11(10)14-4-3-8(6-13)7-14/h1-2,5,8H,3-4,6-7,13H2. The summed E-state index contributed by atoms with van der Waals surface area (Å²) in [4.78, 5) is 11.8. The highest BCUT2D eigenvalue weighted by molar-refractivity contribution is 5.53. The van der Waals surface area contributed by atoms with Crippen molar-refractivity contribution in [2.45, 2.75) is 6.42 Å². The van der Waals surface area contributed by atoms with Gasteiger partial charge < -0.3 is 10.6 Å². The predicted octanol–water partition coefficient (Wildman–Crippen LogP) is 1.52. The number of halogens is 1. The third-order valence-corrected chi connectivity index (χ3v) is 3.10. The molecule has 1 fully saturated rings. The van der Waals surface area contributed by atoms with Crippen molar-refractivity contribution in [2.75, 3.05) is 24.5 Å². The molecule has 5 nitrogen and oxygen atoms in total. The van der Waals surface area contributed by atoms with Gasteiger partial charge in [0.15, 0.2) is 5.82 Å². The van der Waals surface area contributed by atoms with E-state index in [1.165, 1.54) is 12.1 Å². The summed E-state index contributed by atoms with van der Waals surface area (Å²) in [7, 11) is 0. The Balaban J connectivity index is 2.20. The van der Waals surface area contributed by atoms with Gasteiger partial charge in [-0.05, 0) is 24.9 Å². The summed E-state index contributed by atoms with van der Waals surface area (Å²) in [6.07, 6.45) is 0.937. The topological polar surface area (TPSA) is 72.4 Å². The first-order valence-corrected chi connectivity index (χ1v) is 5.50. The average Bonchev–Trinajstić information content (AvgIpc) is 2.77. The molecule has 6 heteroatoms. The van der Waals surface area contributed by atoms with Crippen molar-refractivity contribution in [3.05, 3.63) is 34.1 Å². The minimum Gasteiger partial charge on any atom is -0.369 e. The van der Waals surface area contributed by atoms with Crippen LogP contribution in [-0.4, -0.2) is 24.6 Å². The zero-order valence-electron chi connectivity index (χ0n) is 9.30. The van der Waals surface area contributed by atoms with Crippen molar-refractivity contribution in [3.8, 4) is 0 Å². The molecule has 1 aromatic rings. The highest BCUT2D eigenvalue weighted by Gasteiger charge is 2.24. The molecule has 0 aliphatic carbocycles. The third-order valence-electron chi connectivity index (χ3n) is 3.10. The summed E-state index contributed by atoms with van der Waals surface area (Å²) in [5, 5.41) is 10.5. The van der Waals surface area contributed by atoms with E-state index in [4.69, 9.17) is 5.73 Å². The van der Waals surface area contributed by atoms with E-state index >= 15 is 0 Å². The van der Waals surface area contributed by atoms with Crippen LogP contribution in [0.1, 0.15) is 6.42 Å². The summed E-state index contributed by atoms with van der Waals surface area (Å²) in [6, 6.07) is 3.76. The van der Waals surface area contributed by atoms with E-state index < -0.39 is 10.7 Å². The Kier molecular flexibility index (Phi) is 3.23. The molecule has 92 valence electrons. The molecule has 0 radical (unpaired) electrons. The number of nitrogens with two attached hydrogens (primary N) is 1. The fraction of sp³-hybridized carbons (Fsp3) is 0.455. The van der Waals surface area contributed by atoms with Crippen LogP contribution in [0.15, 0.2) is 18.2 Å². The SMILES string of the molecule is NCC1CCN(c2ccc([N+](=O)[O-])cc2F)C1. The minimum absolute atomic E-state index is 0.221. The van der Waals surface area contributed by atoms with Crippen LogP contribution in [0.25, 0.3) is 0 Å². The molecule has 0 saturated carbocycles. The van der Waals surface area contributed by atoms with E-state index in [0.29, 0.717) is 24.7 Å². The highest BCUT2D eigenvalue weighted by Crippen LogP contribution is 2.28. The van der Waals surface area contributed by atoms with E-state index in [0.717, 1.165) is 19.0 Å². The largest absolute Gasteiger partial charge is 0.369 e. The maximum atomic E-state index is 13.7. The fourth-order valence-corrected chi connectivity index (χ4v) is 2.11. The number of nitro groups is 1. The summed E-state index contributed by atoms with van der Waals surface area (Å²) < 4.78 is 13.7. The Morgan fingerprint density at radius 3 is 2.88 bits per heavy atom. The molecule has 2 N–H and O–H groups in total. The molecule has 0 spiro atoms. The Morgan fingerprint density at radius 2 is 2.35 bits per heavy atom. The van der Waals surface area contributed by atoms with Crippen LogP contribution < -0.4 is 10.6 Å². The van der Waals surface area contributed by atoms with Gasteiger partial charge >= 0.3 is 0 Å². The minimum atomic E-state index is -0.598. The maximum Gasteiger partial charge on any atom is 0.272 e. The first kappa shape index (κ1) is 11.8. The summed E-state index contributed by atoms with van der Waals surface area (Å²) in [6.45, 7) is 2.05. The zero-order chi connectivity index (χ0) is 12.4. The normalized spacial score (nSPS) is 19.6. The number of anilines is 1. The maximum absolute atomic E-state index is 13.7. The first-order valence-electron chi connectivity index (χ1n) is 5.50. The predicted molar refractivity (Wildman–Crippen MR) is 62.4 cm³/mol. The van der Waals surface area contributed by atoms with Crippen LogP contribution in [-0.2, 0) is 0 Å². The molecule has 1 heterocycles. The zero-order valence-corrected chi connectivity index (χ0v) is 9.30. The highest BCUT2D eigenvalue weighted by atomic mass is 19.1. The molecule has 17 heavy (non-hydrogen) atoms. The van der Waals surface area contributed by atoms with Crippen LogP contribution in [0.2, 0.25) is 0 Å². The lowest BCUT2D eigenvalue weighted by atomic mass is 10.1. The molecule has 1 saturated heterocycles. The smallest absolute Gasteiger partial charge is 0.272 e. The van der Waals surface area contributed by atoms with Crippen molar-refractivity contribution >= 4 is 11.4 Å². The van der Waals surface area contributed by atoms with Crippen molar-refractivity contribution in [3.63, 3.8) is 0 Å². The van der Waals surface area contributed by atoms with Crippen molar-refractivity contribution in [1.29, 1.82) is 0 Å². The van der Waals surface area contributed by atoms with Gasteiger partial charge in [0.1, 0.15) is 0 Å². The Morgan fingerprint density at radius 1 is 1.59 bits per heavy atom. The number of nitro benzene ring substituents is 1. The van der Waals surface area contributed by atoms with Gasteiger partial charge in [0.25, 0.3) is 5.69 Å². The number of non-ortho nitro benzene ring substituents is 1. The Hall–Kier alpha value is -1.69. The second kappa shape index (κ2) is 4.67. The summed E-state index contributed by atoms with van der Waals surface area (Å²) in [5.41, 5.74) is 5.77. The van der Waals surface area contributed by atoms with Gasteiger partial charge in [-0.2, -0.15) is 0 Å². The molecule has 1 atom stereocenters. The molecule has 1 aliphatic rings. The second-order valence-electron chi connectivity index (χ2n) is 4.23. The third kappa shape index (κ3) is 2.36. The van der Waals surface area contributed by atoms with Gasteiger partial charge in [0.05, 0.1) is 16.7 Å². The van der Waals surface area contributed by atoms with Gasteiger partial charge in [-0.25, -0.2) is 4.39 Å². The van der Waals surface area contributed by atoms with Crippen LogP contribution >= 0.6 is 0 Å². The second-order valence-corrected chi connectivity index (χ2v) is 4.23.